The van der Waals surface area contributed by atoms with Gasteiger partial charge in [-0.15, -0.1) is 11.3 Å². The molecule has 2 aromatic heterocycles. The highest BCUT2D eigenvalue weighted by atomic mass is 79.9. The number of halogens is 1. The van der Waals surface area contributed by atoms with Crippen LogP contribution in [0, 0.1) is 11.3 Å². The summed E-state index contributed by atoms with van der Waals surface area (Å²) in [7, 11) is 0. The Morgan fingerprint density at radius 1 is 1.48 bits per heavy atom. The van der Waals surface area contributed by atoms with Crippen LogP contribution in [0.5, 0.6) is 0 Å². The zero-order valence-electron chi connectivity index (χ0n) is 13.8. The lowest BCUT2D eigenvalue weighted by Crippen LogP contribution is -2.15. The number of hydrogen-bond donors (Lipinski definition) is 1. The second kappa shape index (κ2) is 8.30. The molecule has 25 heavy (non-hydrogen) atoms. The second-order valence-electron chi connectivity index (χ2n) is 5.68. The Hall–Kier alpha value is -1.43. The third-order valence-electron chi connectivity index (χ3n) is 3.88. The molecule has 0 unspecified atom stereocenters. The van der Waals surface area contributed by atoms with E-state index in [9.17, 15) is 10.1 Å². The summed E-state index contributed by atoms with van der Waals surface area (Å²) >= 11 is 6.39. The minimum atomic E-state index is -0.317. The SMILES string of the molecule is CCCSc1ncc(Br)c(C(=O)Nc2sc3c(c2C#N)CCCC3)n1. The number of nitrogens with zero attached hydrogens (tertiary/aromatic N) is 3. The van der Waals surface area contributed by atoms with Gasteiger partial charge in [0.25, 0.3) is 5.91 Å². The van der Waals surface area contributed by atoms with E-state index in [4.69, 9.17) is 0 Å². The first kappa shape index (κ1) is 18.4. The van der Waals surface area contributed by atoms with E-state index in [1.54, 1.807) is 6.20 Å². The molecule has 0 radical (unpaired) electrons. The van der Waals surface area contributed by atoms with Crippen LogP contribution in [-0.2, 0) is 12.8 Å². The van der Waals surface area contributed by atoms with Crippen molar-refractivity contribution in [1.82, 2.24) is 9.97 Å². The molecule has 2 aromatic rings. The van der Waals surface area contributed by atoms with Crippen molar-refractivity contribution in [3.8, 4) is 6.07 Å². The van der Waals surface area contributed by atoms with E-state index in [0.29, 0.717) is 25.9 Å². The summed E-state index contributed by atoms with van der Waals surface area (Å²) in [5.41, 5.74) is 2.01. The monoisotopic (exact) mass is 436 g/mol. The molecule has 0 aliphatic heterocycles. The summed E-state index contributed by atoms with van der Waals surface area (Å²) in [6, 6.07) is 2.26. The normalized spacial score (nSPS) is 13.2. The van der Waals surface area contributed by atoms with E-state index in [0.717, 1.165) is 43.4 Å². The maximum Gasteiger partial charge on any atom is 0.276 e. The van der Waals surface area contributed by atoms with Gasteiger partial charge in [0.1, 0.15) is 16.8 Å². The average Bonchev–Trinajstić information content (AvgIpc) is 2.97. The molecule has 0 spiro atoms. The maximum atomic E-state index is 12.7. The number of aryl methyl sites for hydroxylation is 1. The molecule has 1 N–H and O–H groups in total. The summed E-state index contributed by atoms with van der Waals surface area (Å²) in [6.45, 7) is 2.08. The second-order valence-corrected chi connectivity index (χ2v) is 8.70. The Kier molecular flexibility index (Phi) is 6.10. The van der Waals surface area contributed by atoms with Crippen LogP contribution < -0.4 is 5.32 Å². The minimum Gasteiger partial charge on any atom is -0.311 e. The zero-order chi connectivity index (χ0) is 17.8. The van der Waals surface area contributed by atoms with Crippen molar-refractivity contribution in [2.75, 3.05) is 11.1 Å². The van der Waals surface area contributed by atoms with Gasteiger partial charge in [-0.25, -0.2) is 9.97 Å². The van der Waals surface area contributed by atoms with Crippen LogP contribution in [-0.4, -0.2) is 21.6 Å². The van der Waals surface area contributed by atoms with E-state index in [-0.39, 0.29) is 5.91 Å². The van der Waals surface area contributed by atoms with Gasteiger partial charge in [-0.3, -0.25) is 4.79 Å². The Labute approximate surface area is 163 Å². The molecule has 130 valence electrons. The van der Waals surface area contributed by atoms with Crippen molar-refractivity contribution in [3.05, 3.63) is 32.4 Å². The predicted molar refractivity (Wildman–Crippen MR) is 104 cm³/mol. The first-order chi connectivity index (χ1) is 12.1. The predicted octanol–water partition coefficient (Wildman–Crippen LogP) is 4.81. The van der Waals surface area contributed by atoms with Crippen LogP contribution in [0.3, 0.4) is 0 Å². The van der Waals surface area contributed by atoms with Crippen LogP contribution in [0.1, 0.15) is 52.7 Å². The van der Waals surface area contributed by atoms with Gasteiger partial charge < -0.3 is 5.32 Å². The third-order valence-corrected chi connectivity index (χ3v) is 6.74. The van der Waals surface area contributed by atoms with Gasteiger partial charge in [-0.05, 0) is 53.6 Å². The van der Waals surface area contributed by atoms with Crippen LogP contribution >= 0.6 is 39.0 Å². The Balaban J connectivity index is 1.85. The minimum absolute atomic E-state index is 0.295. The number of thiophene rings is 1. The lowest BCUT2D eigenvalue weighted by atomic mass is 9.96. The molecule has 0 fully saturated rings. The fraction of sp³-hybridized carbons (Fsp3) is 0.412. The van der Waals surface area contributed by atoms with Crippen molar-refractivity contribution in [3.63, 3.8) is 0 Å². The average molecular weight is 437 g/mol. The van der Waals surface area contributed by atoms with Gasteiger partial charge in [0, 0.05) is 16.8 Å². The highest BCUT2D eigenvalue weighted by molar-refractivity contribution is 9.10. The van der Waals surface area contributed by atoms with Crippen LogP contribution in [0.2, 0.25) is 0 Å². The number of hydrogen-bond acceptors (Lipinski definition) is 6. The highest BCUT2D eigenvalue weighted by Crippen LogP contribution is 2.38. The number of amides is 1. The van der Waals surface area contributed by atoms with E-state index in [1.807, 2.05) is 0 Å². The molecule has 1 aliphatic carbocycles. The van der Waals surface area contributed by atoms with Crippen molar-refractivity contribution < 1.29 is 4.79 Å². The van der Waals surface area contributed by atoms with Crippen molar-refractivity contribution >= 4 is 49.9 Å². The molecule has 0 aromatic carbocycles. The molecule has 2 heterocycles. The number of rotatable bonds is 5. The number of nitriles is 1. The van der Waals surface area contributed by atoms with Crippen molar-refractivity contribution in [1.29, 1.82) is 5.26 Å². The quantitative estimate of drug-likeness (QED) is 0.537. The number of carbonyl (C=O) groups is 1. The van der Waals surface area contributed by atoms with Crippen LogP contribution in [0.25, 0.3) is 0 Å². The summed E-state index contributed by atoms with van der Waals surface area (Å²) < 4.78 is 0.547. The van der Waals surface area contributed by atoms with E-state index < -0.39 is 0 Å². The summed E-state index contributed by atoms with van der Waals surface area (Å²) in [6.07, 6.45) is 6.75. The molecular formula is C17H17BrN4OS2. The van der Waals surface area contributed by atoms with Gasteiger partial charge in [0.2, 0.25) is 0 Å². The molecule has 8 heteroatoms. The zero-order valence-corrected chi connectivity index (χ0v) is 17.0. The first-order valence-electron chi connectivity index (χ1n) is 8.15. The fourth-order valence-electron chi connectivity index (χ4n) is 2.71. The van der Waals surface area contributed by atoms with Gasteiger partial charge in [0.05, 0.1) is 10.0 Å². The standard InChI is InChI=1S/C17H17BrN4OS2/c1-2-7-24-17-20-9-12(18)14(21-17)15(23)22-16-11(8-19)10-5-3-4-6-13(10)25-16/h9H,2-7H2,1H3,(H,22,23). The molecule has 0 atom stereocenters. The van der Waals surface area contributed by atoms with Gasteiger partial charge >= 0.3 is 0 Å². The molecule has 3 rings (SSSR count). The Morgan fingerprint density at radius 3 is 3.04 bits per heavy atom. The van der Waals surface area contributed by atoms with Crippen molar-refractivity contribution in [2.24, 2.45) is 0 Å². The van der Waals surface area contributed by atoms with Gasteiger partial charge in [-0.1, -0.05) is 18.7 Å². The summed E-state index contributed by atoms with van der Waals surface area (Å²) in [5.74, 6) is 0.585. The van der Waals surface area contributed by atoms with Crippen molar-refractivity contribution in [2.45, 2.75) is 44.2 Å². The number of aromatic nitrogens is 2. The largest absolute Gasteiger partial charge is 0.311 e. The highest BCUT2D eigenvalue weighted by Gasteiger charge is 2.23. The van der Waals surface area contributed by atoms with Gasteiger partial charge in [-0.2, -0.15) is 5.26 Å². The smallest absolute Gasteiger partial charge is 0.276 e. The number of anilines is 1. The Bertz CT molecular complexity index is 844. The summed E-state index contributed by atoms with van der Waals surface area (Å²) in [4.78, 5) is 22.5. The number of carbonyl (C=O) groups excluding carboxylic acids is 1. The third kappa shape index (κ3) is 4.05. The summed E-state index contributed by atoms with van der Waals surface area (Å²) in [5, 5.41) is 13.6. The lowest BCUT2D eigenvalue weighted by molar-refractivity contribution is 0.102. The Morgan fingerprint density at radius 2 is 2.28 bits per heavy atom. The molecule has 0 saturated carbocycles. The molecule has 0 saturated heterocycles. The molecule has 1 amide bonds. The molecular weight excluding hydrogens is 420 g/mol. The lowest BCUT2D eigenvalue weighted by Gasteiger charge is -2.09. The molecule has 5 nitrogen and oxygen atoms in total. The van der Waals surface area contributed by atoms with Gasteiger partial charge in [0.15, 0.2) is 5.16 Å². The van der Waals surface area contributed by atoms with Crippen LogP contribution in [0.15, 0.2) is 15.8 Å². The number of nitrogens with one attached hydrogen (secondary N) is 1. The van der Waals surface area contributed by atoms with E-state index >= 15 is 0 Å². The first-order valence-corrected chi connectivity index (χ1v) is 10.7. The maximum absolute atomic E-state index is 12.7. The van der Waals surface area contributed by atoms with E-state index in [1.165, 1.54) is 28.0 Å². The topological polar surface area (TPSA) is 78.7 Å². The fourth-order valence-corrected chi connectivity index (χ4v) is 4.98. The molecule has 0 bridgehead atoms. The number of fused-ring (bicyclic) bond motifs is 1. The molecule has 1 aliphatic rings. The van der Waals surface area contributed by atoms with Crippen LogP contribution in [0.4, 0.5) is 5.00 Å². The number of thioether (sulfide) groups is 1. The van der Waals surface area contributed by atoms with E-state index in [2.05, 4.69) is 44.2 Å².